The molecule has 2 aromatic rings. The molecule has 2 heterocycles. The van der Waals surface area contributed by atoms with Gasteiger partial charge in [0.25, 0.3) is 5.91 Å². The number of fused-ring (bicyclic) bond motifs is 1. The molecule has 0 saturated carbocycles. The number of para-hydroxylation sites is 1. The second-order valence-electron chi connectivity index (χ2n) is 7.03. The van der Waals surface area contributed by atoms with Gasteiger partial charge in [0.1, 0.15) is 0 Å². The number of anilines is 1. The molecule has 0 saturated heterocycles. The van der Waals surface area contributed by atoms with Crippen LogP contribution in [0, 0.1) is 0 Å². The molecule has 0 unspecified atom stereocenters. The van der Waals surface area contributed by atoms with Crippen molar-refractivity contribution in [2.24, 2.45) is 5.73 Å². The molecule has 0 fully saturated rings. The first kappa shape index (κ1) is 20.3. The summed E-state index contributed by atoms with van der Waals surface area (Å²) in [6, 6.07) is 11.4. The summed E-state index contributed by atoms with van der Waals surface area (Å²) >= 11 is 1.61. The number of carbonyl (C=O) groups excluding carboxylic acids is 2. The smallest absolute Gasteiger partial charge is 0.250 e. The van der Waals surface area contributed by atoms with Gasteiger partial charge in [-0.25, -0.2) is 0 Å². The van der Waals surface area contributed by atoms with Crippen LogP contribution in [-0.2, 0) is 22.4 Å². The van der Waals surface area contributed by atoms with Crippen LogP contribution in [-0.4, -0.2) is 30.4 Å². The largest absolute Gasteiger partial charge is 0.368 e. The Morgan fingerprint density at radius 3 is 2.82 bits per heavy atom. The lowest BCUT2D eigenvalue weighted by molar-refractivity contribution is -0.120. The third-order valence-corrected chi connectivity index (χ3v) is 5.87. The van der Waals surface area contributed by atoms with Gasteiger partial charge in [0.15, 0.2) is 0 Å². The number of hydrogen-bond donors (Lipinski definition) is 2. The Morgan fingerprint density at radius 1 is 1.29 bits per heavy atom. The number of primary amides is 1. The fraction of sp³-hybridized carbons (Fsp3) is 0.364. The van der Waals surface area contributed by atoms with Crippen LogP contribution < -0.4 is 16.0 Å². The monoisotopic (exact) mass is 397 g/mol. The first-order valence-corrected chi connectivity index (χ1v) is 10.6. The number of hydrogen-bond acceptors (Lipinski definition) is 4. The molecule has 1 aromatic heterocycles. The summed E-state index contributed by atoms with van der Waals surface area (Å²) in [5.41, 5.74) is 7.81. The Bertz CT molecular complexity index is 832. The van der Waals surface area contributed by atoms with Gasteiger partial charge in [0, 0.05) is 35.6 Å². The van der Waals surface area contributed by atoms with Crippen LogP contribution >= 0.6 is 11.3 Å². The van der Waals surface area contributed by atoms with Crippen LogP contribution in [0.3, 0.4) is 0 Å². The van der Waals surface area contributed by atoms with Gasteiger partial charge in [0.2, 0.25) is 5.91 Å². The first-order valence-electron chi connectivity index (χ1n) is 9.73. The van der Waals surface area contributed by atoms with Crippen molar-refractivity contribution in [3.05, 3.63) is 64.4 Å². The van der Waals surface area contributed by atoms with Crippen molar-refractivity contribution in [1.29, 1.82) is 0 Å². The minimum atomic E-state index is -0.456. The molecular weight excluding hydrogens is 370 g/mol. The van der Waals surface area contributed by atoms with E-state index in [-0.39, 0.29) is 17.9 Å². The maximum atomic E-state index is 12.7. The fourth-order valence-electron chi connectivity index (χ4n) is 3.53. The van der Waals surface area contributed by atoms with E-state index in [1.54, 1.807) is 17.4 Å². The third-order valence-electron chi connectivity index (χ3n) is 4.97. The van der Waals surface area contributed by atoms with E-state index < -0.39 is 6.04 Å². The zero-order valence-corrected chi connectivity index (χ0v) is 17.0. The molecule has 0 bridgehead atoms. The van der Waals surface area contributed by atoms with E-state index in [9.17, 15) is 9.59 Å². The highest BCUT2D eigenvalue weighted by Gasteiger charge is 2.23. The zero-order chi connectivity index (χ0) is 19.9. The number of carbonyl (C=O) groups is 2. The molecule has 1 aromatic carbocycles. The van der Waals surface area contributed by atoms with E-state index in [1.165, 1.54) is 5.56 Å². The highest BCUT2D eigenvalue weighted by atomic mass is 32.1. The quantitative estimate of drug-likeness (QED) is 0.639. The molecule has 0 radical (unpaired) electrons. The molecule has 1 aliphatic heterocycles. The Kier molecular flexibility index (Phi) is 7.01. The maximum absolute atomic E-state index is 12.7. The van der Waals surface area contributed by atoms with Crippen LogP contribution in [0.1, 0.15) is 30.2 Å². The summed E-state index contributed by atoms with van der Waals surface area (Å²) < 4.78 is 0. The lowest BCUT2D eigenvalue weighted by Crippen LogP contribution is -2.47. The van der Waals surface area contributed by atoms with Crippen molar-refractivity contribution in [2.75, 3.05) is 11.4 Å². The average molecular weight is 398 g/mol. The normalized spacial score (nSPS) is 15.5. The minimum absolute atomic E-state index is 0.0262. The summed E-state index contributed by atoms with van der Waals surface area (Å²) in [5, 5.41) is 5.32. The molecule has 6 heteroatoms. The predicted molar refractivity (Wildman–Crippen MR) is 114 cm³/mol. The number of rotatable bonds is 9. The molecule has 3 rings (SSSR count). The number of amides is 2. The van der Waals surface area contributed by atoms with E-state index in [0.717, 1.165) is 29.8 Å². The number of thiophene rings is 1. The van der Waals surface area contributed by atoms with Crippen molar-refractivity contribution in [1.82, 2.24) is 5.32 Å². The molecule has 5 nitrogen and oxygen atoms in total. The SMILES string of the molecule is CCC[C@@H](C=CC(=O)N1CCc2ccccc21)N[C@@H](Cc1cccs1)C(N)=O. The van der Waals surface area contributed by atoms with Crippen LogP contribution in [0.4, 0.5) is 5.69 Å². The van der Waals surface area contributed by atoms with Crippen molar-refractivity contribution in [3.63, 3.8) is 0 Å². The van der Waals surface area contributed by atoms with Crippen LogP contribution in [0.5, 0.6) is 0 Å². The predicted octanol–water partition coefficient (Wildman–Crippen LogP) is 3.05. The van der Waals surface area contributed by atoms with E-state index in [1.807, 2.05) is 46.7 Å². The van der Waals surface area contributed by atoms with Gasteiger partial charge in [-0.15, -0.1) is 11.3 Å². The van der Waals surface area contributed by atoms with Crippen LogP contribution in [0.25, 0.3) is 0 Å². The molecule has 3 N–H and O–H groups in total. The fourth-order valence-corrected chi connectivity index (χ4v) is 4.28. The Labute approximate surface area is 170 Å². The highest BCUT2D eigenvalue weighted by Crippen LogP contribution is 2.27. The van der Waals surface area contributed by atoms with Gasteiger partial charge in [-0.05, 0) is 35.9 Å². The Hall–Kier alpha value is -2.44. The topological polar surface area (TPSA) is 75.4 Å². The maximum Gasteiger partial charge on any atom is 0.250 e. The van der Waals surface area contributed by atoms with Gasteiger partial charge < -0.3 is 10.6 Å². The lowest BCUT2D eigenvalue weighted by Gasteiger charge is -2.21. The standard InChI is InChI=1S/C22H27N3O2S/c1-2-6-17(24-19(22(23)27)15-18-8-5-14-28-18)10-11-21(26)25-13-12-16-7-3-4-9-20(16)25/h3-5,7-11,14,17,19,24H,2,6,12-13,15H2,1H3,(H2,23,27)/t17-,19-/m0/s1. The highest BCUT2D eigenvalue weighted by molar-refractivity contribution is 7.09. The van der Waals surface area contributed by atoms with Gasteiger partial charge >= 0.3 is 0 Å². The molecular formula is C22H27N3O2S. The van der Waals surface area contributed by atoms with Gasteiger partial charge in [-0.1, -0.05) is 43.7 Å². The van der Waals surface area contributed by atoms with Crippen molar-refractivity contribution < 1.29 is 9.59 Å². The van der Waals surface area contributed by atoms with Crippen LogP contribution in [0.15, 0.2) is 53.9 Å². The summed E-state index contributed by atoms with van der Waals surface area (Å²) in [6.45, 7) is 2.79. The molecule has 1 aliphatic rings. The molecule has 148 valence electrons. The van der Waals surface area contributed by atoms with E-state index in [0.29, 0.717) is 13.0 Å². The second-order valence-corrected chi connectivity index (χ2v) is 8.06. The Balaban J connectivity index is 1.66. The third kappa shape index (κ3) is 5.09. The number of nitrogens with one attached hydrogen (secondary N) is 1. The minimum Gasteiger partial charge on any atom is -0.368 e. The molecule has 28 heavy (non-hydrogen) atoms. The molecule has 0 spiro atoms. The number of nitrogens with two attached hydrogens (primary N) is 1. The Morgan fingerprint density at radius 2 is 2.11 bits per heavy atom. The first-order chi connectivity index (χ1) is 13.6. The molecule has 2 atom stereocenters. The van der Waals surface area contributed by atoms with Gasteiger partial charge in [-0.3, -0.25) is 14.9 Å². The summed E-state index contributed by atoms with van der Waals surface area (Å²) in [6.07, 6.45) is 6.71. The summed E-state index contributed by atoms with van der Waals surface area (Å²) in [4.78, 5) is 27.6. The average Bonchev–Trinajstić information content (AvgIpc) is 3.35. The van der Waals surface area contributed by atoms with Gasteiger partial charge in [0.05, 0.1) is 6.04 Å². The molecule has 0 aliphatic carbocycles. The van der Waals surface area contributed by atoms with E-state index in [4.69, 9.17) is 5.73 Å². The van der Waals surface area contributed by atoms with E-state index in [2.05, 4.69) is 18.3 Å². The second kappa shape index (κ2) is 9.66. The number of benzene rings is 1. The van der Waals surface area contributed by atoms with Crippen molar-refractivity contribution in [3.8, 4) is 0 Å². The zero-order valence-electron chi connectivity index (χ0n) is 16.1. The van der Waals surface area contributed by atoms with Crippen molar-refractivity contribution >= 4 is 28.8 Å². The van der Waals surface area contributed by atoms with Crippen LogP contribution in [0.2, 0.25) is 0 Å². The summed E-state index contributed by atoms with van der Waals surface area (Å²) in [7, 11) is 0. The number of nitrogens with zero attached hydrogens (tertiary/aromatic N) is 1. The van der Waals surface area contributed by atoms with E-state index >= 15 is 0 Å². The van der Waals surface area contributed by atoms with Crippen molar-refractivity contribution in [2.45, 2.75) is 44.7 Å². The molecule has 2 amide bonds. The van der Waals surface area contributed by atoms with Gasteiger partial charge in [-0.2, -0.15) is 0 Å². The lowest BCUT2D eigenvalue weighted by atomic mass is 10.1. The summed E-state index contributed by atoms with van der Waals surface area (Å²) in [5.74, 6) is -0.399.